The zero-order valence-corrected chi connectivity index (χ0v) is 6.47. The van der Waals surface area contributed by atoms with Crippen LogP contribution in [-0.2, 0) is 4.79 Å². The fraction of sp³-hybridized carbons (Fsp3) is 0.875. The summed E-state index contributed by atoms with van der Waals surface area (Å²) in [5.41, 5.74) is 0. The van der Waals surface area contributed by atoms with Crippen LogP contribution in [0.15, 0.2) is 0 Å². The second-order valence-electron chi connectivity index (χ2n) is 3.31. The minimum atomic E-state index is 0.750. The number of carbonyl (C=O) groups excluding carboxylic acids is 1. The first-order valence-corrected chi connectivity index (χ1v) is 4.00. The Morgan fingerprint density at radius 1 is 1.60 bits per heavy atom. The van der Waals surface area contributed by atoms with Crippen molar-refractivity contribution >= 4 is 6.41 Å². The Hall–Kier alpha value is -0.530. The Kier molecular flexibility index (Phi) is 2.72. The van der Waals surface area contributed by atoms with E-state index < -0.39 is 0 Å². The number of nitrogens with one attached hydrogen (secondary N) is 1. The molecule has 2 unspecified atom stereocenters. The van der Waals surface area contributed by atoms with Crippen LogP contribution in [0.5, 0.6) is 0 Å². The lowest BCUT2D eigenvalue weighted by Crippen LogP contribution is -2.19. The number of hydrogen-bond donors (Lipinski definition) is 1. The average Bonchev–Trinajstić information content (AvgIpc) is 2.31. The van der Waals surface area contributed by atoms with Gasteiger partial charge in [-0.1, -0.05) is 13.3 Å². The molecule has 0 aromatic rings. The standard InChI is InChI=1S/C8H15NO/c1-7-2-3-8(4-7)5-9-6-10/h6-8H,2-5H2,1H3,(H,9,10). The van der Waals surface area contributed by atoms with E-state index in [2.05, 4.69) is 12.2 Å². The Bertz CT molecular complexity index is 114. The molecule has 0 spiro atoms. The molecular formula is C8H15NO. The van der Waals surface area contributed by atoms with E-state index in [0.29, 0.717) is 0 Å². The highest BCUT2D eigenvalue weighted by Crippen LogP contribution is 2.29. The number of hydrogen-bond acceptors (Lipinski definition) is 1. The van der Waals surface area contributed by atoms with Crippen LogP contribution in [0.4, 0.5) is 0 Å². The molecular weight excluding hydrogens is 126 g/mol. The Morgan fingerprint density at radius 2 is 2.40 bits per heavy atom. The zero-order valence-electron chi connectivity index (χ0n) is 6.47. The topological polar surface area (TPSA) is 29.1 Å². The molecule has 0 saturated heterocycles. The Morgan fingerprint density at radius 3 is 2.90 bits per heavy atom. The van der Waals surface area contributed by atoms with Gasteiger partial charge in [-0.05, 0) is 24.7 Å². The van der Waals surface area contributed by atoms with Crippen LogP contribution >= 0.6 is 0 Å². The summed E-state index contributed by atoms with van der Waals surface area (Å²) in [5.74, 6) is 1.62. The van der Waals surface area contributed by atoms with Crippen molar-refractivity contribution in [2.24, 2.45) is 11.8 Å². The predicted octanol–water partition coefficient (Wildman–Crippen LogP) is 1.17. The molecule has 0 radical (unpaired) electrons. The van der Waals surface area contributed by atoms with Gasteiger partial charge in [0.05, 0.1) is 0 Å². The van der Waals surface area contributed by atoms with Crippen LogP contribution in [0, 0.1) is 11.8 Å². The van der Waals surface area contributed by atoms with Gasteiger partial charge < -0.3 is 5.32 Å². The summed E-state index contributed by atoms with van der Waals surface area (Å²) in [6.45, 7) is 3.16. The summed E-state index contributed by atoms with van der Waals surface area (Å²) in [4.78, 5) is 9.93. The third-order valence-corrected chi connectivity index (χ3v) is 2.29. The van der Waals surface area contributed by atoms with E-state index in [-0.39, 0.29) is 0 Å². The summed E-state index contributed by atoms with van der Waals surface area (Å²) >= 11 is 0. The van der Waals surface area contributed by atoms with E-state index in [4.69, 9.17) is 0 Å². The van der Waals surface area contributed by atoms with Gasteiger partial charge in [-0.25, -0.2) is 0 Å². The molecule has 1 saturated carbocycles. The first-order valence-electron chi connectivity index (χ1n) is 4.00. The molecule has 1 N–H and O–H groups in total. The van der Waals surface area contributed by atoms with E-state index >= 15 is 0 Å². The molecule has 0 aliphatic heterocycles. The summed E-state index contributed by atoms with van der Waals surface area (Å²) < 4.78 is 0. The third kappa shape index (κ3) is 2.01. The fourth-order valence-corrected chi connectivity index (χ4v) is 1.73. The van der Waals surface area contributed by atoms with Crippen LogP contribution in [0.3, 0.4) is 0 Å². The Labute approximate surface area is 62.0 Å². The zero-order chi connectivity index (χ0) is 7.40. The maximum Gasteiger partial charge on any atom is 0.207 e. The normalized spacial score (nSPS) is 32.1. The lowest BCUT2D eigenvalue weighted by Gasteiger charge is -2.06. The fourth-order valence-electron chi connectivity index (χ4n) is 1.73. The van der Waals surface area contributed by atoms with E-state index in [0.717, 1.165) is 24.8 Å². The van der Waals surface area contributed by atoms with E-state index in [1.165, 1.54) is 19.3 Å². The molecule has 1 aliphatic carbocycles. The lowest BCUT2D eigenvalue weighted by atomic mass is 10.1. The van der Waals surface area contributed by atoms with Crippen molar-refractivity contribution in [1.29, 1.82) is 0 Å². The van der Waals surface area contributed by atoms with Gasteiger partial charge in [0, 0.05) is 6.54 Å². The van der Waals surface area contributed by atoms with Gasteiger partial charge in [0.2, 0.25) is 6.41 Å². The number of amides is 1. The molecule has 1 fully saturated rings. The third-order valence-electron chi connectivity index (χ3n) is 2.29. The molecule has 1 aliphatic rings. The monoisotopic (exact) mass is 141 g/mol. The summed E-state index contributed by atoms with van der Waals surface area (Å²) in [7, 11) is 0. The van der Waals surface area contributed by atoms with Crippen molar-refractivity contribution in [3.8, 4) is 0 Å². The van der Waals surface area contributed by atoms with Crippen LogP contribution in [0.1, 0.15) is 26.2 Å². The molecule has 0 bridgehead atoms. The molecule has 58 valence electrons. The van der Waals surface area contributed by atoms with Gasteiger partial charge in [-0.2, -0.15) is 0 Å². The quantitative estimate of drug-likeness (QED) is 0.587. The van der Waals surface area contributed by atoms with Crippen molar-refractivity contribution < 1.29 is 4.79 Å². The van der Waals surface area contributed by atoms with Crippen LogP contribution in [0.2, 0.25) is 0 Å². The largest absolute Gasteiger partial charge is 0.358 e. The highest BCUT2D eigenvalue weighted by atomic mass is 16.1. The van der Waals surface area contributed by atoms with Crippen molar-refractivity contribution in [1.82, 2.24) is 5.32 Å². The summed E-state index contributed by atoms with van der Waals surface area (Å²) in [6.07, 6.45) is 4.72. The van der Waals surface area contributed by atoms with Crippen molar-refractivity contribution in [2.75, 3.05) is 6.54 Å². The molecule has 0 heterocycles. The minimum Gasteiger partial charge on any atom is -0.358 e. The van der Waals surface area contributed by atoms with E-state index in [1.54, 1.807) is 0 Å². The van der Waals surface area contributed by atoms with Crippen LogP contribution in [-0.4, -0.2) is 13.0 Å². The molecule has 1 rings (SSSR count). The van der Waals surface area contributed by atoms with Gasteiger partial charge in [0.1, 0.15) is 0 Å². The number of carbonyl (C=O) groups is 1. The Balaban J connectivity index is 2.12. The highest BCUT2D eigenvalue weighted by Gasteiger charge is 2.20. The maximum absolute atomic E-state index is 9.93. The second-order valence-corrected chi connectivity index (χ2v) is 3.31. The van der Waals surface area contributed by atoms with E-state index in [9.17, 15) is 4.79 Å². The first-order chi connectivity index (χ1) is 4.83. The van der Waals surface area contributed by atoms with Crippen molar-refractivity contribution in [3.63, 3.8) is 0 Å². The molecule has 2 atom stereocenters. The number of rotatable bonds is 3. The maximum atomic E-state index is 9.93. The summed E-state index contributed by atoms with van der Waals surface area (Å²) in [6, 6.07) is 0. The van der Waals surface area contributed by atoms with Gasteiger partial charge in [-0.3, -0.25) is 4.79 Å². The average molecular weight is 141 g/mol. The van der Waals surface area contributed by atoms with Crippen molar-refractivity contribution in [3.05, 3.63) is 0 Å². The molecule has 10 heavy (non-hydrogen) atoms. The smallest absolute Gasteiger partial charge is 0.207 e. The summed E-state index contributed by atoms with van der Waals surface area (Å²) in [5, 5.41) is 2.73. The molecule has 0 aromatic carbocycles. The van der Waals surface area contributed by atoms with Gasteiger partial charge in [0.15, 0.2) is 0 Å². The first kappa shape index (κ1) is 7.58. The van der Waals surface area contributed by atoms with Crippen LogP contribution in [0.25, 0.3) is 0 Å². The molecule has 0 aromatic heterocycles. The van der Waals surface area contributed by atoms with Crippen LogP contribution < -0.4 is 5.32 Å². The van der Waals surface area contributed by atoms with Gasteiger partial charge >= 0.3 is 0 Å². The van der Waals surface area contributed by atoms with Gasteiger partial charge in [-0.15, -0.1) is 0 Å². The molecule has 2 heteroatoms. The van der Waals surface area contributed by atoms with Gasteiger partial charge in [0.25, 0.3) is 0 Å². The SMILES string of the molecule is CC1CCC(CNC=O)C1. The molecule has 2 nitrogen and oxygen atoms in total. The minimum absolute atomic E-state index is 0.750. The van der Waals surface area contributed by atoms with Crippen molar-refractivity contribution in [2.45, 2.75) is 26.2 Å². The predicted molar refractivity (Wildman–Crippen MR) is 40.6 cm³/mol. The lowest BCUT2D eigenvalue weighted by molar-refractivity contribution is -0.109. The van der Waals surface area contributed by atoms with E-state index in [1.807, 2.05) is 0 Å². The highest BCUT2D eigenvalue weighted by molar-refractivity contribution is 5.45. The second kappa shape index (κ2) is 3.59. The molecule has 1 amide bonds.